The van der Waals surface area contributed by atoms with Gasteiger partial charge in [0.25, 0.3) is 0 Å². The summed E-state index contributed by atoms with van der Waals surface area (Å²) in [5, 5.41) is 13.3. The number of hydrogen-bond acceptors (Lipinski definition) is 8. The molecular formula is C17H15N7S. The highest BCUT2D eigenvalue weighted by atomic mass is 32.1. The highest BCUT2D eigenvalue weighted by Crippen LogP contribution is 2.27. The van der Waals surface area contributed by atoms with E-state index in [0.29, 0.717) is 6.54 Å². The quantitative estimate of drug-likeness (QED) is 0.605. The second-order valence-electron chi connectivity index (χ2n) is 5.60. The molecule has 0 saturated carbocycles. The highest BCUT2D eigenvalue weighted by Gasteiger charge is 2.10. The molecule has 0 unspecified atom stereocenters. The van der Waals surface area contributed by atoms with E-state index in [0.717, 1.165) is 43.7 Å². The molecule has 0 spiro atoms. The lowest BCUT2D eigenvalue weighted by Crippen LogP contribution is -2.05. The minimum atomic E-state index is 0.535. The van der Waals surface area contributed by atoms with Crippen LogP contribution in [0.4, 0.5) is 5.82 Å². The first-order chi connectivity index (χ1) is 12.2. The molecule has 25 heavy (non-hydrogen) atoms. The van der Waals surface area contributed by atoms with Gasteiger partial charge in [-0.05, 0) is 32.0 Å². The van der Waals surface area contributed by atoms with E-state index >= 15 is 0 Å². The Labute approximate surface area is 148 Å². The summed E-state index contributed by atoms with van der Waals surface area (Å²) in [7, 11) is 0. The molecule has 0 amide bonds. The first-order valence-electron chi connectivity index (χ1n) is 7.76. The van der Waals surface area contributed by atoms with Crippen LogP contribution in [0.15, 0.2) is 36.9 Å². The van der Waals surface area contributed by atoms with Gasteiger partial charge in [0.15, 0.2) is 0 Å². The molecule has 1 N–H and O–H groups in total. The monoisotopic (exact) mass is 349 g/mol. The average molecular weight is 349 g/mol. The molecule has 0 aliphatic carbocycles. The number of aromatic nitrogens is 6. The number of thiazole rings is 1. The standard InChI is InChI=1S/C17H15N7S/c1-10-3-4-12(24-23-10)7-19-16-13-5-14(17-20-6-11(2)25-17)18-8-15(13)21-9-22-16/h3-6,8-9H,7H2,1-2H3,(H,19,21,22). The lowest BCUT2D eigenvalue weighted by atomic mass is 10.2. The van der Waals surface area contributed by atoms with Crippen molar-refractivity contribution in [3.8, 4) is 10.7 Å². The van der Waals surface area contributed by atoms with Crippen LogP contribution >= 0.6 is 11.3 Å². The first-order valence-corrected chi connectivity index (χ1v) is 8.57. The van der Waals surface area contributed by atoms with E-state index in [9.17, 15) is 0 Å². The van der Waals surface area contributed by atoms with Crippen molar-refractivity contribution in [1.82, 2.24) is 30.1 Å². The lowest BCUT2D eigenvalue weighted by molar-refractivity contribution is 0.895. The van der Waals surface area contributed by atoms with Gasteiger partial charge in [-0.1, -0.05) is 0 Å². The van der Waals surface area contributed by atoms with Crippen molar-refractivity contribution in [1.29, 1.82) is 0 Å². The summed E-state index contributed by atoms with van der Waals surface area (Å²) in [6, 6.07) is 5.86. The Bertz CT molecular complexity index is 1030. The lowest BCUT2D eigenvalue weighted by Gasteiger charge is -2.08. The Balaban J connectivity index is 1.67. The summed E-state index contributed by atoms with van der Waals surface area (Å²) in [4.78, 5) is 18.7. The van der Waals surface area contributed by atoms with Crippen LogP contribution in [0.5, 0.6) is 0 Å². The van der Waals surface area contributed by atoms with Crippen molar-refractivity contribution in [2.75, 3.05) is 5.32 Å². The maximum atomic E-state index is 4.47. The number of nitrogens with one attached hydrogen (secondary N) is 1. The number of aryl methyl sites for hydroxylation is 2. The molecule has 4 heterocycles. The van der Waals surface area contributed by atoms with Gasteiger partial charge in [0.2, 0.25) is 0 Å². The van der Waals surface area contributed by atoms with Gasteiger partial charge in [0.05, 0.1) is 35.3 Å². The molecule has 0 saturated heterocycles. The van der Waals surface area contributed by atoms with E-state index in [1.165, 1.54) is 6.33 Å². The second kappa shape index (κ2) is 6.48. The third kappa shape index (κ3) is 3.29. The van der Waals surface area contributed by atoms with Crippen molar-refractivity contribution in [2.24, 2.45) is 0 Å². The number of hydrogen-bond donors (Lipinski definition) is 1. The largest absolute Gasteiger partial charge is 0.364 e. The third-order valence-electron chi connectivity index (χ3n) is 3.65. The number of anilines is 1. The van der Waals surface area contributed by atoms with Gasteiger partial charge >= 0.3 is 0 Å². The first kappa shape index (κ1) is 15.5. The fraction of sp³-hybridized carbons (Fsp3) is 0.176. The Morgan fingerprint density at radius 3 is 2.68 bits per heavy atom. The Hall–Kier alpha value is -3.00. The van der Waals surface area contributed by atoms with Crippen LogP contribution in [0.25, 0.3) is 21.6 Å². The van der Waals surface area contributed by atoms with Crippen molar-refractivity contribution in [3.05, 3.63) is 53.2 Å². The molecule has 0 bridgehead atoms. The number of rotatable bonds is 4. The van der Waals surface area contributed by atoms with Gasteiger partial charge in [-0.15, -0.1) is 11.3 Å². The number of nitrogens with zero attached hydrogens (tertiary/aromatic N) is 6. The summed E-state index contributed by atoms with van der Waals surface area (Å²) < 4.78 is 0. The topological polar surface area (TPSA) is 89.4 Å². The Morgan fingerprint density at radius 2 is 1.92 bits per heavy atom. The van der Waals surface area contributed by atoms with Crippen LogP contribution in [0.3, 0.4) is 0 Å². The smallest absolute Gasteiger partial charge is 0.142 e. The summed E-state index contributed by atoms with van der Waals surface area (Å²) >= 11 is 1.61. The van der Waals surface area contributed by atoms with Gasteiger partial charge < -0.3 is 5.32 Å². The van der Waals surface area contributed by atoms with E-state index < -0.39 is 0 Å². The molecule has 0 aromatic carbocycles. The van der Waals surface area contributed by atoms with Gasteiger partial charge in [0, 0.05) is 16.5 Å². The molecule has 8 heteroatoms. The molecule has 0 aliphatic heterocycles. The average Bonchev–Trinajstić information content (AvgIpc) is 3.07. The Kier molecular flexibility index (Phi) is 4.02. The number of pyridine rings is 1. The molecule has 0 radical (unpaired) electrons. The molecule has 4 rings (SSSR count). The van der Waals surface area contributed by atoms with Crippen molar-refractivity contribution >= 4 is 28.1 Å². The van der Waals surface area contributed by atoms with Gasteiger partial charge in [-0.2, -0.15) is 10.2 Å². The summed E-state index contributed by atoms with van der Waals surface area (Å²) in [5.74, 6) is 0.740. The van der Waals surface area contributed by atoms with Crippen molar-refractivity contribution in [3.63, 3.8) is 0 Å². The molecule has 0 aliphatic rings. The van der Waals surface area contributed by atoms with Gasteiger partial charge in [-0.3, -0.25) is 4.98 Å². The Morgan fingerprint density at radius 1 is 1.00 bits per heavy atom. The highest BCUT2D eigenvalue weighted by molar-refractivity contribution is 7.14. The van der Waals surface area contributed by atoms with Crippen LogP contribution in [0.1, 0.15) is 16.3 Å². The zero-order valence-corrected chi connectivity index (χ0v) is 14.6. The molecule has 4 aromatic heterocycles. The van der Waals surface area contributed by atoms with Crippen molar-refractivity contribution in [2.45, 2.75) is 20.4 Å². The third-order valence-corrected chi connectivity index (χ3v) is 4.59. The van der Waals surface area contributed by atoms with Crippen molar-refractivity contribution < 1.29 is 0 Å². The molecular weight excluding hydrogens is 334 g/mol. The molecule has 0 fully saturated rings. The van der Waals surface area contributed by atoms with Gasteiger partial charge in [-0.25, -0.2) is 15.0 Å². The fourth-order valence-electron chi connectivity index (χ4n) is 2.39. The molecule has 7 nitrogen and oxygen atoms in total. The summed E-state index contributed by atoms with van der Waals surface area (Å²) in [6.07, 6.45) is 5.13. The predicted octanol–water partition coefficient (Wildman–Crippen LogP) is 3.17. The van der Waals surface area contributed by atoms with E-state index in [-0.39, 0.29) is 0 Å². The maximum Gasteiger partial charge on any atom is 0.142 e. The van der Waals surface area contributed by atoms with Crippen LogP contribution < -0.4 is 5.32 Å². The van der Waals surface area contributed by atoms with E-state index in [1.807, 2.05) is 38.2 Å². The SMILES string of the molecule is Cc1ccc(CNc2ncnc3cnc(-c4ncc(C)s4)cc23)nn1. The van der Waals surface area contributed by atoms with E-state index in [2.05, 4.69) is 35.5 Å². The normalized spacial score (nSPS) is 11.0. The summed E-state index contributed by atoms with van der Waals surface area (Å²) in [6.45, 7) is 4.48. The van der Waals surface area contributed by atoms with Crippen LogP contribution in [-0.4, -0.2) is 30.1 Å². The molecule has 4 aromatic rings. The molecule has 124 valence electrons. The van der Waals surface area contributed by atoms with E-state index in [4.69, 9.17) is 0 Å². The summed E-state index contributed by atoms with van der Waals surface area (Å²) in [5.41, 5.74) is 3.34. The van der Waals surface area contributed by atoms with Crippen LogP contribution in [0.2, 0.25) is 0 Å². The number of fused-ring (bicyclic) bond motifs is 1. The van der Waals surface area contributed by atoms with Crippen LogP contribution in [0, 0.1) is 13.8 Å². The van der Waals surface area contributed by atoms with E-state index in [1.54, 1.807) is 17.5 Å². The van der Waals surface area contributed by atoms with Gasteiger partial charge in [0.1, 0.15) is 17.2 Å². The fourth-order valence-corrected chi connectivity index (χ4v) is 3.12. The zero-order chi connectivity index (χ0) is 17.2. The minimum Gasteiger partial charge on any atom is -0.364 e. The zero-order valence-electron chi connectivity index (χ0n) is 13.8. The predicted molar refractivity (Wildman–Crippen MR) is 97.3 cm³/mol. The van der Waals surface area contributed by atoms with Crippen LogP contribution in [-0.2, 0) is 6.54 Å². The second-order valence-corrected chi connectivity index (χ2v) is 6.84. The molecule has 0 atom stereocenters. The maximum absolute atomic E-state index is 4.47. The minimum absolute atomic E-state index is 0.535.